The van der Waals surface area contributed by atoms with E-state index in [2.05, 4.69) is 30.8 Å². The van der Waals surface area contributed by atoms with Gasteiger partial charge in [0.15, 0.2) is 0 Å². The first-order valence-electron chi connectivity index (χ1n) is 9.43. The third kappa shape index (κ3) is 4.18. The van der Waals surface area contributed by atoms with E-state index >= 15 is 0 Å². The molecule has 0 saturated heterocycles. The van der Waals surface area contributed by atoms with E-state index in [9.17, 15) is 9.18 Å². The van der Waals surface area contributed by atoms with E-state index in [4.69, 9.17) is 0 Å². The number of hydrogen-bond acceptors (Lipinski definition) is 6. The van der Waals surface area contributed by atoms with Gasteiger partial charge in [-0.15, -0.1) is 5.10 Å². The van der Waals surface area contributed by atoms with Crippen LogP contribution in [0, 0.1) is 11.7 Å². The average molecular weight is 425 g/mol. The molecule has 4 rings (SSSR count). The van der Waals surface area contributed by atoms with E-state index in [0.29, 0.717) is 11.0 Å². The number of aromatic nitrogens is 6. The third-order valence-corrected chi connectivity index (χ3v) is 5.46. The summed E-state index contributed by atoms with van der Waals surface area (Å²) in [6, 6.07) is 13.7. The van der Waals surface area contributed by atoms with Crippen LogP contribution in [0.15, 0.2) is 53.7 Å². The lowest BCUT2D eigenvalue weighted by molar-refractivity contribution is -0.119. The Hall–Kier alpha value is -3.27. The fourth-order valence-corrected chi connectivity index (χ4v) is 3.75. The lowest BCUT2D eigenvalue weighted by Crippen LogP contribution is -2.33. The molecule has 0 saturated carbocycles. The Balaban J connectivity index is 1.45. The van der Waals surface area contributed by atoms with Crippen molar-refractivity contribution in [3.05, 3.63) is 60.2 Å². The van der Waals surface area contributed by atoms with E-state index < -0.39 is 5.82 Å². The second-order valence-electron chi connectivity index (χ2n) is 7.04. The molecular formula is C20H20FN7OS. The number of benzene rings is 2. The number of nitrogens with zero attached hydrogens (tertiary/aromatic N) is 5. The Labute approximate surface area is 176 Å². The highest BCUT2D eigenvalue weighted by Crippen LogP contribution is 2.24. The molecular weight excluding hydrogens is 405 g/mol. The summed E-state index contributed by atoms with van der Waals surface area (Å²) in [6.07, 6.45) is 0. The first kappa shape index (κ1) is 20.0. The van der Waals surface area contributed by atoms with Crippen molar-refractivity contribution in [2.45, 2.75) is 25.0 Å². The zero-order chi connectivity index (χ0) is 21.1. The third-order valence-electron chi connectivity index (χ3n) is 4.54. The smallest absolute Gasteiger partial charge is 0.231 e. The van der Waals surface area contributed by atoms with Gasteiger partial charge in [-0.2, -0.15) is 4.68 Å². The van der Waals surface area contributed by atoms with Gasteiger partial charge in [-0.1, -0.05) is 49.9 Å². The Bertz CT molecular complexity index is 1140. The van der Waals surface area contributed by atoms with Crippen molar-refractivity contribution in [2.75, 3.05) is 5.75 Å². The van der Waals surface area contributed by atoms with Crippen LogP contribution in [-0.4, -0.2) is 41.8 Å². The molecule has 30 heavy (non-hydrogen) atoms. The predicted molar refractivity (Wildman–Crippen MR) is 112 cm³/mol. The van der Waals surface area contributed by atoms with Crippen LogP contribution in [0.2, 0.25) is 0 Å². The molecule has 0 fully saturated rings. The Morgan fingerprint density at radius 2 is 1.97 bits per heavy atom. The number of hydrogen-bond donors (Lipinski definition) is 2. The molecule has 2 aromatic heterocycles. The van der Waals surface area contributed by atoms with E-state index in [1.165, 1.54) is 10.7 Å². The summed E-state index contributed by atoms with van der Waals surface area (Å²) in [4.78, 5) is 20.5. The van der Waals surface area contributed by atoms with Gasteiger partial charge in [-0.05, 0) is 40.6 Å². The molecule has 2 heterocycles. The monoisotopic (exact) mass is 425 g/mol. The summed E-state index contributed by atoms with van der Waals surface area (Å²) in [5, 5.41) is 14.7. The summed E-state index contributed by atoms with van der Waals surface area (Å²) in [5.74, 6) is 0.283. The highest BCUT2D eigenvalue weighted by Gasteiger charge is 2.22. The zero-order valence-electron chi connectivity index (χ0n) is 16.4. The van der Waals surface area contributed by atoms with Crippen LogP contribution in [0.1, 0.15) is 25.7 Å². The highest BCUT2D eigenvalue weighted by atomic mass is 32.2. The van der Waals surface area contributed by atoms with Gasteiger partial charge in [0.05, 0.1) is 22.8 Å². The Morgan fingerprint density at radius 3 is 2.73 bits per heavy atom. The van der Waals surface area contributed by atoms with E-state index in [1.807, 2.05) is 38.1 Å². The fourth-order valence-electron chi connectivity index (χ4n) is 3.06. The summed E-state index contributed by atoms with van der Waals surface area (Å²) >= 11 is 1.14. The number of thioether (sulfide) groups is 1. The van der Waals surface area contributed by atoms with Gasteiger partial charge < -0.3 is 10.3 Å². The summed E-state index contributed by atoms with van der Waals surface area (Å²) in [5.41, 5.74) is 2.00. The second-order valence-corrected chi connectivity index (χ2v) is 7.98. The fraction of sp³-hybridized carbons (Fsp3) is 0.250. The van der Waals surface area contributed by atoms with Crippen molar-refractivity contribution in [3.63, 3.8) is 0 Å². The van der Waals surface area contributed by atoms with Gasteiger partial charge in [-0.25, -0.2) is 9.37 Å². The Morgan fingerprint density at radius 1 is 1.20 bits per heavy atom. The number of carbonyl (C=O) groups is 1. The van der Waals surface area contributed by atoms with Crippen LogP contribution in [0.3, 0.4) is 0 Å². The van der Waals surface area contributed by atoms with E-state index in [-0.39, 0.29) is 29.3 Å². The number of aromatic amines is 1. The van der Waals surface area contributed by atoms with Crippen LogP contribution in [0.4, 0.5) is 4.39 Å². The number of H-pyrrole nitrogens is 1. The summed E-state index contributed by atoms with van der Waals surface area (Å²) in [7, 11) is 0. The predicted octanol–water partition coefficient (Wildman–Crippen LogP) is 3.28. The highest BCUT2D eigenvalue weighted by molar-refractivity contribution is 7.99. The lowest BCUT2D eigenvalue weighted by atomic mass is 10.0. The molecule has 0 bridgehead atoms. The standard InChI is InChI=1S/C20H20FN7OS/c1-12(2)18(19-22-14-8-4-5-9-15(14)23-19)24-17(29)11-30-20-25-26-27-28(20)16-10-6-3-7-13(16)21/h3-10,12,18H,11H2,1-2H3,(H,22,23)(H,24,29). The molecule has 1 atom stereocenters. The van der Waals surface area contributed by atoms with Crippen molar-refractivity contribution in [3.8, 4) is 5.69 Å². The first-order chi connectivity index (χ1) is 14.5. The molecule has 4 aromatic rings. The van der Waals surface area contributed by atoms with Crippen molar-refractivity contribution in [1.29, 1.82) is 0 Å². The molecule has 10 heteroatoms. The maximum atomic E-state index is 14.1. The van der Waals surface area contributed by atoms with Gasteiger partial charge in [0, 0.05) is 0 Å². The van der Waals surface area contributed by atoms with Gasteiger partial charge in [-0.3, -0.25) is 4.79 Å². The number of nitrogens with one attached hydrogen (secondary N) is 2. The number of imidazole rings is 1. The molecule has 0 aliphatic carbocycles. The molecule has 2 aromatic carbocycles. The van der Waals surface area contributed by atoms with Crippen molar-refractivity contribution < 1.29 is 9.18 Å². The van der Waals surface area contributed by atoms with Crippen molar-refractivity contribution in [2.24, 2.45) is 5.92 Å². The molecule has 154 valence electrons. The van der Waals surface area contributed by atoms with Crippen LogP contribution >= 0.6 is 11.8 Å². The maximum Gasteiger partial charge on any atom is 0.231 e. The van der Waals surface area contributed by atoms with E-state index in [1.54, 1.807) is 18.2 Å². The molecule has 0 aliphatic heterocycles. The van der Waals surface area contributed by atoms with Gasteiger partial charge in [0.2, 0.25) is 11.1 Å². The molecule has 1 amide bonds. The average Bonchev–Trinajstić information content (AvgIpc) is 3.37. The number of halogens is 1. The number of tetrazole rings is 1. The quantitative estimate of drug-likeness (QED) is 0.441. The minimum atomic E-state index is -0.444. The molecule has 0 radical (unpaired) electrons. The summed E-state index contributed by atoms with van der Waals surface area (Å²) in [6.45, 7) is 4.04. The topological polar surface area (TPSA) is 101 Å². The molecule has 8 nitrogen and oxygen atoms in total. The minimum absolute atomic E-state index is 0.0816. The normalized spacial score (nSPS) is 12.4. The van der Waals surface area contributed by atoms with Crippen LogP contribution in [0.25, 0.3) is 16.7 Å². The van der Waals surface area contributed by atoms with Crippen LogP contribution < -0.4 is 5.32 Å². The number of fused-ring (bicyclic) bond motifs is 1. The zero-order valence-corrected chi connectivity index (χ0v) is 17.2. The molecule has 0 aliphatic rings. The van der Waals surface area contributed by atoms with Gasteiger partial charge >= 0.3 is 0 Å². The number of amides is 1. The van der Waals surface area contributed by atoms with Crippen molar-refractivity contribution >= 4 is 28.7 Å². The van der Waals surface area contributed by atoms with Crippen molar-refractivity contribution in [1.82, 2.24) is 35.5 Å². The van der Waals surface area contributed by atoms with Gasteiger partial charge in [0.1, 0.15) is 17.3 Å². The maximum absolute atomic E-state index is 14.1. The van der Waals surface area contributed by atoms with Crippen LogP contribution in [0.5, 0.6) is 0 Å². The van der Waals surface area contributed by atoms with Gasteiger partial charge in [0.25, 0.3) is 0 Å². The van der Waals surface area contributed by atoms with E-state index in [0.717, 1.165) is 22.8 Å². The lowest BCUT2D eigenvalue weighted by Gasteiger charge is -2.20. The SMILES string of the molecule is CC(C)C(NC(=O)CSc1nnnn1-c1ccccc1F)c1nc2ccccc2[nH]1. The van der Waals surface area contributed by atoms with Crippen LogP contribution in [-0.2, 0) is 4.79 Å². The number of para-hydroxylation sites is 3. The Kier molecular flexibility index (Phi) is 5.75. The number of rotatable bonds is 7. The summed E-state index contributed by atoms with van der Waals surface area (Å²) < 4.78 is 15.3. The molecule has 1 unspecified atom stereocenters. The second kappa shape index (κ2) is 8.62. The first-order valence-corrected chi connectivity index (χ1v) is 10.4. The number of carbonyl (C=O) groups excluding carboxylic acids is 1. The minimum Gasteiger partial charge on any atom is -0.345 e. The molecule has 2 N–H and O–H groups in total. The largest absolute Gasteiger partial charge is 0.345 e. The molecule has 0 spiro atoms.